The normalized spacial score (nSPS) is 11.7. The smallest absolute Gasteiger partial charge is 0.137 e. The van der Waals surface area contributed by atoms with Crippen molar-refractivity contribution in [1.82, 2.24) is 9.13 Å². The molecule has 0 fully saturated rings. The third kappa shape index (κ3) is 3.08. The van der Waals surface area contributed by atoms with Gasteiger partial charge in [0.2, 0.25) is 0 Å². The Labute approximate surface area is 245 Å². The van der Waals surface area contributed by atoms with Gasteiger partial charge in [0.15, 0.2) is 0 Å². The summed E-state index contributed by atoms with van der Waals surface area (Å²) in [5, 5.41) is 26.4. The highest BCUT2D eigenvalue weighted by atomic mass is 16.3. The fourth-order valence-corrected chi connectivity index (χ4v) is 6.86. The first kappa shape index (κ1) is 23.4. The highest BCUT2D eigenvalue weighted by molar-refractivity contribution is 6.16. The van der Waals surface area contributed by atoms with E-state index in [-0.39, 0.29) is 0 Å². The van der Waals surface area contributed by atoms with Crippen molar-refractivity contribution in [2.45, 2.75) is 0 Å². The molecule has 0 saturated carbocycles. The average molecular weight is 549 g/mol. The van der Waals surface area contributed by atoms with Crippen LogP contribution >= 0.6 is 0 Å². The number of benzene rings is 6. The van der Waals surface area contributed by atoms with Crippen molar-refractivity contribution in [3.63, 3.8) is 0 Å². The van der Waals surface area contributed by atoms with E-state index in [0.29, 0.717) is 11.1 Å². The van der Waals surface area contributed by atoms with Gasteiger partial charge in [-0.25, -0.2) is 0 Å². The Morgan fingerprint density at radius 2 is 1.07 bits per heavy atom. The molecule has 0 aliphatic carbocycles. The molecule has 9 aromatic rings. The van der Waals surface area contributed by atoms with Crippen LogP contribution < -0.4 is 0 Å². The maximum atomic E-state index is 10.1. The van der Waals surface area contributed by atoms with Crippen molar-refractivity contribution < 1.29 is 4.42 Å². The van der Waals surface area contributed by atoms with E-state index in [0.717, 1.165) is 76.9 Å². The Morgan fingerprint density at radius 3 is 1.74 bits per heavy atom. The lowest BCUT2D eigenvalue weighted by atomic mass is 10.1. The molecule has 0 atom stereocenters. The Morgan fingerprint density at radius 1 is 0.488 bits per heavy atom. The maximum Gasteiger partial charge on any atom is 0.137 e. The summed E-state index contributed by atoms with van der Waals surface area (Å²) in [4.78, 5) is 0. The molecular formula is C38H20N4O. The van der Waals surface area contributed by atoms with E-state index in [4.69, 9.17) is 4.42 Å². The summed E-state index contributed by atoms with van der Waals surface area (Å²) in [5.74, 6) is 0. The third-order valence-electron chi connectivity index (χ3n) is 8.59. The van der Waals surface area contributed by atoms with E-state index in [1.165, 1.54) is 0 Å². The standard InChI is InChI=1S/C38H20N4O/c39-21-23-8-5-12-28-26-10-1-3-14-31(26)41(37(23)28)25-18-19-34-30(20-25)36-33(16-7-17-35(36)43-34)42-32-15-4-2-11-27(32)29-13-6-9-24(22-40)38(29)42/h1-20H. The molecule has 198 valence electrons. The van der Waals surface area contributed by atoms with Gasteiger partial charge in [0.25, 0.3) is 0 Å². The van der Waals surface area contributed by atoms with E-state index < -0.39 is 0 Å². The molecule has 6 aromatic carbocycles. The molecule has 0 N–H and O–H groups in total. The van der Waals surface area contributed by atoms with Crippen molar-refractivity contribution in [1.29, 1.82) is 10.5 Å². The SMILES string of the molecule is N#Cc1cccc2c3ccccc3n(-c3ccc4oc5cccc(-n6c7ccccc7c7cccc(C#N)c76)c5c4c3)c12. The van der Waals surface area contributed by atoms with Crippen molar-refractivity contribution >= 4 is 65.6 Å². The van der Waals surface area contributed by atoms with Crippen LogP contribution in [0.3, 0.4) is 0 Å². The van der Waals surface area contributed by atoms with Crippen LogP contribution in [0.15, 0.2) is 126 Å². The molecule has 0 spiro atoms. The fourth-order valence-electron chi connectivity index (χ4n) is 6.86. The Hall–Kier alpha value is -6.30. The van der Waals surface area contributed by atoms with Gasteiger partial charge in [0, 0.05) is 32.6 Å². The number of furan rings is 1. The van der Waals surface area contributed by atoms with Gasteiger partial charge in [-0.05, 0) is 54.6 Å². The van der Waals surface area contributed by atoms with Crippen LogP contribution in [0, 0.1) is 22.7 Å². The first-order valence-corrected chi connectivity index (χ1v) is 14.1. The molecule has 0 bridgehead atoms. The minimum atomic E-state index is 0.619. The van der Waals surface area contributed by atoms with Gasteiger partial charge in [0.1, 0.15) is 23.3 Å². The Balaban J connectivity index is 1.42. The summed E-state index contributed by atoms with van der Waals surface area (Å²) in [5.41, 5.74) is 8.51. The molecule has 5 nitrogen and oxygen atoms in total. The van der Waals surface area contributed by atoms with Crippen LogP contribution in [0.25, 0.3) is 76.9 Å². The van der Waals surface area contributed by atoms with E-state index in [1.54, 1.807) is 0 Å². The number of para-hydroxylation sites is 4. The highest BCUT2D eigenvalue weighted by Gasteiger charge is 2.21. The van der Waals surface area contributed by atoms with Crippen molar-refractivity contribution in [3.05, 3.63) is 132 Å². The molecule has 0 unspecified atom stereocenters. The first-order chi connectivity index (χ1) is 21.3. The second-order valence-electron chi connectivity index (χ2n) is 10.8. The van der Waals surface area contributed by atoms with Gasteiger partial charge in [-0.15, -0.1) is 0 Å². The average Bonchev–Trinajstić information content (AvgIpc) is 3.72. The molecule has 0 aliphatic rings. The molecule has 0 saturated heterocycles. The van der Waals surface area contributed by atoms with Crippen LogP contribution in [0.2, 0.25) is 0 Å². The summed E-state index contributed by atoms with van der Waals surface area (Å²) in [6.07, 6.45) is 0. The van der Waals surface area contributed by atoms with E-state index in [9.17, 15) is 10.5 Å². The van der Waals surface area contributed by atoms with Crippen molar-refractivity contribution in [3.8, 4) is 23.5 Å². The second-order valence-corrected chi connectivity index (χ2v) is 10.8. The molecule has 0 amide bonds. The Kier molecular flexibility index (Phi) is 4.68. The molecule has 9 rings (SSSR count). The van der Waals surface area contributed by atoms with Crippen LogP contribution in [0.4, 0.5) is 0 Å². The van der Waals surface area contributed by atoms with Crippen molar-refractivity contribution in [2.24, 2.45) is 0 Å². The number of hydrogen-bond donors (Lipinski definition) is 0. The zero-order valence-corrected chi connectivity index (χ0v) is 22.7. The van der Waals surface area contributed by atoms with Gasteiger partial charge in [0.05, 0.1) is 44.3 Å². The number of fused-ring (bicyclic) bond motifs is 9. The largest absolute Gasteiger partial charge is 0.456 e. The lowest BCUT2D eigenvalue weighted by Gasteiger charge is -2.11. The third-order valence-corrected chi connectivity index (χ3v) is 8.59. The lowest BCUT2D eigenvalue weighted by molar-refractivity contribution is 0.669. The number of nitriles is 2. The zero-order valence-electron chi connectivity index (χ0n) is 22.7. The zero-order chi connectivity index (χ0) is 28.7. The molecule has 0 aliphatic heterocycles. The summed E-state index contributed by atoms with van der Waals surface area (Å²) >= 11 is 0. The summed E-state index contributed by atoms with van der Waals surface area (Å²) in [6, 6.07) is 45.5. The molecule has 5 heteroatoms. The lowest BCUT2D eigenvalue weighted by Crippen LogP contribution is -1.97. The molecule has 3 heterocycles. The van der Waals surface area contributed by atoms with Crippen LogP contribution in [0.1, 0.15) is 11.1 Å². The van der Waals surface area contributed by atoms with Crippen LogP contribution in [-0.2, 0) is 0 Å². The predicted octanol–water partition coefficient (Wildman–Crippen LogP) is 9.52. The number of hydrogen-bond acceptors (Lipinski definition) is 3. The van der Waals surface area contributed by atoms with Gasteiger partial charge in [-0.2, -0.15) is 10.5 Å². The summed E-state index contributed by atoms with van der Waals surface area (Å²) in [7, 11) is 0. The quantitative estimate of drug-likeness (QED) is 0.216. The van der Waals surface area contributed by atoms with Gasteiger partial charge in [-0.3, -0.25) is 0 Å². The van der Waals surface area contributed by atoms with E-state index in [2.05, 4.69) is 75.9 Å². The molecule has 43 heavy (non-hydrogen) atoms. The van der Waals surface area contributed by atoms with Gasteiger partial charge >= 0.3 is 0 Å². The minimum absolute atomic E-state index is 0.619. The van der Waals surface area contributed by atoms with Gasteiger partial charge in [-0.1, -0.05) is 66.7 Å². The minimum Gasteiger partial charge on any atom is -0.456 e. The highest BCUT2D eigenvalue weighted by Crippen LogP contribution is 2.41. The van der Waals surface area contributed by atoms with Gasteiger partial charge < -0.3 is 13.6 Å². The van der Waals surface area contributed by atoms with Crippen LogP contribution in [-0.4, -0.2) is 9.13 Å². The molecular weight excluding hydrogens is 528 g/mol. The maximum absolute atomic E-state index is 10.1. The van der Waals surface area contributed by atoms with Crippen molar-refractivity contribution in [2.75, 3.05) is 0 Å². The monoisotopic (exact) mass is 548 g/mol. The molecule has 3 aromatic heterocycles. The number of rotatable bonds is 2. The second kappa shape index (κ2) is 8.60. The first-order valence-electron chi connectivity index (χ1n) is 14.1. The predicted molar refractivity (Wildman–Crippen MR) is 172 cm³/mol. The number of nitrogens with zero attached hydrogens (tertiary/aromatic N) is 4. The Bertz CT molecular complexity index is 2710. The van der Waals surface area contributed by atoms with E-state index in [1.807, 2.05) is 66.7 Å². The summed E-state index contributed by atoms with van der Waals surface area (Å²) in [6.45, 7) is 0. The van der Waals surface area contributed by atoms with E-state index >= 15 is 0 Å². The molecule has 0 radical (unpaired) electrons. The van der Waals surface area contributed by atoms with Crippen LogP contribution in [0.5, 0.6) is 0 Å². The topological polar surface area (TPSA) is 70.6 Å². The summed E-state index contributed by atoms with van der Waals surface area (Å²) < 4.78 is 10.8. The fraction of sp³-hybridized carbons (Fsp3) is 0. The number of aromatic nitrogens is 2.